The summed E-state index contributed by atoms with van der Waals surface area (Å²) in [5.74, 6) is 0.0486. The number of nitrogens with zero attached hydrogens (tertiary/aromatic N) is 2. The molecule has 0 unspecified atom stereocenters. The first kappa shape index (κ1) is 23.0. The zero-order chi connectivity index (χ0) is 23.4. The van der Waals surface area contributed by atoms with Gasteiger partial charge in [-0.3, -0.25) is 4.79 Å². The maximum absolute atomic E-state index is 12.8. The molecule has 0 atom stereocenters. The van der Waals surface area contributed by atoms with Crippen LogP contribution in [0.15, 0.2) is 59.4 Å². The number of aromatic hydroxyl groups is 2. The Balaban J connectivity index is 1.83. The highest BCUT2D eigenvalue weighted by Gasteiger charge is 2.21. The molecule has 0 spiro atoms. The highest BCUT2D eigenvalue weighted by molar-refractivity contribution is 6.07. The topological polar surface area (TPSA) is 84.2 Å². The summed E-state index contributed by atoms with van der Waals surface area (Å²) in [5.41, 5.74) is 3.92. The molecule has 2 aromatic carbocycles. The first-order valence-electron chi connectivity index (χ1n) is 10.5. The van der Waals surface area contributed by atoms with Crippen LogP contribution in [0.25, 0.3) is 12.2 Å². The van der Waals surface area contributed by atoms with Crippen LogP contribution >= 0.6 is 0 Å². The van der Waals surface area contributed by atoms with Gasteiger partial charge in [0.05, 0.1) is 11.4 Å². The Kier molecular flexibility index (Phi) is 6.93. The second kappa shape index (κ2) is 9.64. The van der Waals surface area contributed by atoms with Crippen LogP contribution in [-0.4, -0.2) is 49.3 Å². The number of phenols is 2. The highest BCUT2D eigenvalue weighted by Crippen LogP contribution is 2.33. The number of hydrogen-bond donors (Lipinski definition) is 3. The van der Waals surface area contributed by atoms with Crippen LogP contribution in [0.2, 0.25) is 0 Å². The summed E-state index contributed by atoms with van der Waals surface area (Å²) in [4.78, 5) is 16.4. The second-order valence-electron chi connectivity index (χ2n) is 8.33. The van der Waals surface area contributed by atoms with Gasteiger partial charge in [-0.15, -0.1) is 0 Å². The van der Waals surface area contributed by atoms with Crippen molar-refractivity contribution >= 4 is 29.3 Å². The lowest BCUT2D eigenvalue weighted by atomic mass is 9.89. The van der Waals surface area contributed by atoms with Gasteiger partial charge in [0.25, 0.3) is 0 Å². The standard InChI is InChI=1S/C26H30N2O4/c1-27(2)21-11-8-17(15-24(21)30)10-13-23(29)20-7-5-6-19(26(20)32)14-18-9-12-22(28(3)4)25(31)16-18/h8-16,30-32H,5-7H2,1-4H3. The lowest BCUT2D eigenvalue weighted by Crippen LogP contribution is -2.10. The van der Waals surface area contributed by atoms with Crippen molar-refractivity contribution in [3.8, 4) is 11.5 Å². The van der Waals surface area contributed by atoms with E-state index in [2.05, 4.69) is 0 Å². The lowest BCUT2D eigenvalue weighted by Gasteiger charge is -2.18. The van der Waals surface area contributed by atoms with Crippen molar-refractivity contribution < 1.29 is 20.1 Å². The smallest absolute Gasteiger partial charge is 0.185 e. The molecule has 1 aliphatic rings. The third-order valence-electron chi connectivity index (χ3n) is 5.49. The van der Waals surface area contributed by atoms with Gasteiger partial charge in [-0.1, -0.05) is 18.2 Å². The number of rotatable bonds is 6. The molecule has 0 heterocycles. The monoisotopic (exact) mass is 434 g/mol. The maximum Gasteiger partial charge on any atom is 0.185 e. The van der Waals surface area contributed by atoms with E-state index in [1.165, 1.54) is 6.08 Å². The van der Waals surface area contributed by atoms with Crippen molar-refractivity contribution in [1.29, 1.82) is 0 Å². The van der Waals surface area contributed by atoms with Crippen LogP contribution in [0.1, 0.15) is 30.4 Å². The van der Waals surface area contributed by atoms with E-state index in [0.717, 1.165) is 12.0 Å². The molecule has 6 nitrogen and oxygen atoms in total. The van der Waals surface area contributed by atoms with Gasteiger partial charge in [-0.05, 0) is 72.4 Å². The largest absolute Gasteiger partial charge is 0.507 e. The first-order chi connectivity index (χ1) is 15.2. The molecule has 6 heteroatoms. The van der Waals surface area contributed by atoms with Gasteiger partial charge < -0.3 is 25.1 Å². The molecule has 0 amide bonds. The second-order valence-corrected chi connectivity index (χ2v) is 8.33. The average Bonchev–Trinajstić information content (AvgIpc) is 2.73. The Morgan fingerprint density at radius 1 is 0.844 bits per heavy atom. The Morgan fingerprint density at radius 2 is 1.41 bits per heavy atom. The number of carbonyl (C=O) groups excluding carboxylic acids is 1. The molecular formula is C26H30N2O4. The zero-order valence-corrected chi connectivity index (χ0v) is 19.0. The van der Waals surface area contributed by atoms with Gasteiger partial charge >= 0.3 is 0 Å². The first-order valence-corrected chi connectivity index (χ1v) is 10.5. The summed E-state index contributed by atoms with van der Waals surface area (Å²) in [6, 6.07) is 10.5. The Bertz CT molecular complexity index is 1110. The molecule has 32 heavy (non-hydrogen) atoms. The molecule has 0 fully saturated rings. The van der Waals surface area contributed by atoms with Crippen molar-refractivity contribution in [1.82, 2.24) is 0 Å². The van der Waals surface area contributed by atoms with Crippen molar-refractivity contribution in [2.45, 2.75) is 19.3 Å². The minimum absolute atomic E-state index is 0.00730. The van der Waals surface area contributed by atoms with Crippen LogP contribution in [0, 0.1) is 0 Å². The summed E-state index contributed by atoms with van der Waals surface area (Å²) in [7, 11) is 7.39. The molecule has 0 radical (unpaired) electrons. The minimum atomic E-state index is -0.255. The van der Waals surface area contributed by atoms with Gasteiger partial charge in [-0.25, -0.2) is 0 Å². The van der Waals surface area contributed by atoms with Crippen LogP contribution in [0.5, 0.6) is 11.5 Å². The molecule has 168 valence electrons. The average molecular weight is 435 g/mol. The van der Waals surface area contributed by atoms with E-state index in [-0.39, 0.29) is 23.0 Å². The van der Waals surface area contributed by atoms with E-state index in [1.54, 1.807) is 29.2 Å². The van der Waals surface area contributed by atoms with Gasteiger partial charge in [-0.2, -0.15) is 0 Å². The summed E-state index contributed by atoms with van der Waals surface area (Å²) in [5, 5.41) is 31.1. The molecule has 3 N–H and O–H groups in total. The summed E-state index contributed by atoms with van der Waals surface area (Å²) in [6.45, 7) is 0. The van der Waals surface area contributed by atoms with E-state index in [9.17, 15) is 20.1 Å². The molecule has 0 bridgehead atoms. The van der Waals surface area contributed by atoms with E-state index >= 15 is 0 Å². The van der Waals surface area contributed by atoms with Gasteiger partial charge in [0.1, 0.15) is 17.3 Å². The molecule has 2 aromatic rings. The number of aliphatic hydroxyl groups excluding tert-OH is 1. The summed E-state index contributed by atoms with van der Waals surface area (Å²) >= 11 is 0. The predicted octanol–water partition coefficient (Wildman–Crippen LogP) is 4.89. The molecule has 3 rings (SSSR count). The van der Waals surface area contributed by atoms with E-state index in [0.29, 0.717) is 40.9 Å². The summed E-state index contributed by atoms with van der Waals surface area (Å²) < 4.78 is 0. The molecule has 0 aliphatic heterocycles. The van der Waals surface area contributed by atoms with Crippen molar-refractivity contribution in [2.24, 2.45) is 0 Å². The number of hydrogen-bond acceptors (Lipinski definition) is 6. The quantitative estimate of drug-likeness (QED) is 0.562. The molecule has 0 saturated carbocycles. The van der Waals surface area contributed by atoms with Crippen LogP contribution in [-0.2, 0) is 4.79 Å². The zero-order valence-electron chi connectivity index (χ0n) is 19.0. The predicted molar refractivity (Wildman–Crippen MR) is 130 cm³/mol. The van der Waals surface area contributed by atoms with E-state index < -0.39 is 0 Å². The van der Waals surface area contributed by atoms with Gasteiger partial charge in [0, 0.05) is 33.8 Å². The van der Waals surface area contributed by atoms with Crippen LogP contribution < -0.4 is 9.80 Å². The van der Waals surface area contributed by atoms with Crippen molar-refractivity contribution in [2.75, 3.05) is 38.0 Å². The number of allylic oxidation sites excluding steroid dienone is 3. The number of aliphatic hydroxyl groups is 1. The maximum atomic E-state index is 12.8. The lowest BCUT2D eigenvalue weighted by molar-refractivity contribution is -0.111. The third kappa shape index (κ3) is 5.14. The van der Waals surface area contributed by atoms with Crippen LogP contribution in [0.4, 0.5) is 11.4 Å². The number of ketones is 1. The highest BCUT2D eigenvalue weighted by atomic mass is 16.3. The number of anilines is 2. The van der Waals surface area contributed by atoms with Gasteiger partial charge in [0.15, 0.2) is 5.78 Å². The van der Waals surface area contributed by atoms with Crippen molar-refractivity contribution in [3.05, 3.63) is 70.5 Å². The molecule has 0 saturated heterocycles. The number of carbonyl (C=O) groups is 1. The fourth-order valence-electron chi connectivity index (χ4n) is 3.77. The van der Waals surface area contributed by atoms with Crippen LogP contribution in [0.3, 0.4) is 0 Å². The van der Waals surface area contributed by atoms with Gasteiger partial charge in [0.2, 0.25) is 0 Å². The third-order valence-corrected chi connectivity index (χ3v) is 5.49. The Morgan fingerprint density at radius 3 is 1.97 bits per heavy atom. The normalized spacial score (nSPS) is 15.4. The Labute approximate surface area is 189 Å². The fourth-order valence-corrected chi connectivity index (χ4v) is 3.77. The minimum Gasteiger partial charge on any atom is -0.507 e. The van der Waals surface area contributed by atoms with Crippen molar-refractivity contribution in [3.63, 3.8) is 0 Å². The van der Waals surface area contributed by atoms with E-state index in [1.807, 2.05) is 57.4 Å². The molecule has 1 aliphatic carbocycles. The summed E-state index contributed by atoms with van der Waals surface area (Å²) in [6.07, 6.45) is 6.78. The SMILES string of the molecule is CN(C)c1ccc(C=CC(=O)C2=C(O)C(=Cc3ccc(N(C)C)c(O)c3)CCC2)cc1O. The number of benzene rings is 2. The molecule has 0 aromatic heterocycles. The fraction of sp³-hybridized carbons (Fsp3) is 0.269. The molecular weight excluding hydrogens is 404 g/mol. The number of phenolic OH excluding ortho intramolecular Hbond substituents is 2. The van der Waals surface area contributed by atoms with E-state index in [4.69, 9.17) is 0 Å². The Hall–Kier alpha value is -3.67.